The van der Waals surface area contributed by atoms with Crippen molar-refractivity contribution in [2.75, 3.05) is 13.7 Å². The topological polar surface area (TPSA) is 35.5 Å². The summed E-state index contributed by atoms with van der Waals surface area (Å²) in [5, 5.41) is 0. The number of allylic oxidation sites excluding steroid dienone is 1. The third kappa shape index (κ3) is 5.15. The molecular weight excluding hydrogens is 132 g/mol. The zero-order valence-electron chi connectivity index (χ0n) is 6.29. The Morgan fingerprint density at radius 2 is 2.20 bits per heavy atom. The van der Waals surface area contributed by atoms with E-state index in [4.69, 9.17) is 0 Å². The van der Waals surface area contributed by atoms with Crippen LogP contribution in [0.3, 0.4) is 0 Å². The highest BCUT2D eigenvalue weighted by atomic mass is 16.7. The van der Waals surface area contributed by atoms with Crippen LogP contribution in [0.4, 0.5) is 4.79 Å². The first-order valence-electron chi connectivity index (χ1n) is 3.17. The van der Waals surface area contributed by atoms with Gasteiger partial charge in [-0.1, -0.05) is 19.1 Å². The van der Waals surface area contributed by atoms with Crippen molar-refractivity contribution in [3.8, 4) is 0 Å². The quantitative estimate of drug-likeness (QED) is 0.447. The number of hydrogen-bond donors (Lipinski definition) is 0. The lowest BCUT2D eigenvalue weighted by atomic mass is 10.4. The summed E-state index contributed by atoms with van der Waals surface area (Å²) in [5.41, 5.74) is 0. The van der Waals surface area contributed by atoms with E-state index in [1.165, 1.54) is 7.11 Å². The molecule has 0 unspecified atom stereocenters. The molecule has 3 nitrogen and oxygen atoms in total. The van der Waals surface area contributed by atoms with Crippen LogP contribution in [0, 0.1) is 0 Å². The average Bonchev–Trinajstić information content (AvgIpc) is 1.98. The first kappa shape index (κ1) is 9.01. The van der Waals surface area contributed by atoms with Gasteiger partial charge in [0.2, 0.25) is 0 Å². The predicted molar refractivity (Wildman–Crippen MR) is 37.8 cm³/mol. The Hall–Kier alpha value is -0.990. The number of methoxy groups -OCH3 is 1. The van der Waals surface area contributed by atoms with Crippen molar-refractivity contribution < 1.29 is 14.3 Å². The molecule has 0 saturated heterocycles. The first-order chi connectivity index (χ1) is 4.81. The van der Waals surface area contributed by atoms with E-state index in [1.807, 2.05) is 13.0 Å². The molecule has 0 N–H and O–H groups in total. The minimum absolute atomic E-state index is 0.292. The van der Waals surface area contributed by atoms with E-state index in [1.54, 1.807) is 6.08 Å². The summed E-state index contributed by atoms with van der Waals surface area (Å²) in [7, 11) is 1.28. The van der Waals surface area contributed by atoms with Gasteiger partial charge in [-0.25, -0.2) is 4.79 Å². The number of ether oxygens (including phenoxy) is 2. The van der Waals surface area contributed by atoms with Crippen LogP contribution in [0.15, 0.2) is 12.2 Å². The monoisotopic (exact) mass is 144 g/mol. The maximum atomic E-state index is 10.3. The van der Waals surface area contributed by atoms with Crippen molar-refractivity contribution in [2.24, 2.45) is 0 Å². The molecule has 0 fully saturated rings. The highest BCUT2D eigenvalue weighted by Gasteiger charge is 1.94. The van der Waals surface area contributed by atoms with Crippen molar-refractivity contribution >= 4 is 6.16 Å². The lowest BCUT2D eigenvalue weighted by Gasteiger charge is -1.96. The number of carbonyl (C=O) groups excluding carboxylic acids is 1. The third-order valence-corrected chi connectivity index (χ3v) is 0.866. The van der Waals surface area contributed by atoms with Crippen molar-refractivity contribution in [3.05, 3.63) is 12.2 Å². The molecular formula is C7H12O3. The Balaban J connectivity index is 3.19. The Morgan fingerprint density at radius 1 is 1.50 bits per heavy atom. The lowest BCUT2D eigenvalue weighted by Crippen LogP contribution is -2.03. The second-order valence-electron chi connectivity index (χ2n) is 1.64. The van der Waals surface area contributed by atoms with Crippen LogP contribution < -0.4 is 0 Å². The second kappa shape index (κ2) is 6.13. The van der Waals surface area contributed by atoms with Crippen molar-refractivity contribution in [1.29, 1.82) is 0 Å². The van der Waals surface area contributed by atoms with Gasteiger partial charge in [-0.2, -0.15) is 0 Å². The summed E-state index contributed by atoms with van der Waals surface area (Å²) < 4.78 is 8.78. The minimum atomic E-state index is -0.638. The van der Waals surface area contributed by atoms with Gasteiger partial charge in [0.15, 0.2) is 0 Å². The minimum Gasteiger partial charge on any atom is -0.438 e. The van der Waals surface area contributed by atoms with Crippen molar-refractivity contribution in [1.82, 2.24) is 0 Å². The van der Waals surface area contributed by atoms with Crippen molar-refractivity contribution in [2.45, 2.75) is 13.3 Å². The first-order valence-corrected chi connectivity index (χ1v) is 3.17. The molecule has 58 valence electrons. The van der Waals surface area contributed by atoms with Gasteiger partial charge in [0.05, 0.1) is 7.11 Å². The van der Waals surface area contributed by atoms with Crippen LogP contribution in [-0.4, -0.2) is 19.9 Å². The smallest absolute Gasteiger partial charge is 0.438 e. The zero-order valence-corrected chi connectivity index (χ0v) is 6.29. The molecule has 0 heterocycles. The maximum absolute atomic E-state index is 10.3. The molecule has 0 spiro atoms. The lowest BCUT2D eigenvalue weighted by molar-refractivity contribution is 0.0817. The van der Waals surface area contributed by atoms with Gasteiger partial charge in [0.1, 0.15) is 6.61 Å². The zero-order chi connectivity index (χ0) is 7.82. The summed E-state index contributed by atoms with van der Waals surface area (Å²) in [6.45, 7) is 2.30. The van der Waals surface area contributed by atoms with Crippen LogP contribution in [0.1, 0.15) is 13.3 Å². The molecule has 0 radical (unpaired) electrons. The summed E-state index contributed by atoms with van der Waals surface area (Å²) in [6.07, 6.45) is 4.01. The molecule has 10 heavy (non-hydrogen) atoms. The van der Waals surface area contributed by atoms with E-state index in [0.717, 1.165) is 6.42 Å². The van der Waals surface area contributed by atoms with Crippen LogP contribution in [0.5, 0.6) is 0 Å². The maximum Gasteiger partial charge on any atom is 0.508 e. The second-order valence-corrected chi connectivity index (χ2v) is 1.64. The van der Waals surface area contributed by atoms with Gasteiger partial charge in [-0.05, 0) is 6.42 Å². The molecule has 0 aliphatic heterocycles. The van der Waals surface area contributed by atoms with Crippen LogP contribution in [0.2, 0.25) is 0 Å². The molecule has 0 aromatic rings. The highest BCUT2D eigenvalue weighted by Crippen LogP contribution is 1.84. The van der Waals surface area contributed by atoms with Crippen LogP contribution in [0.25, 0.3) is 0 Å². The summed E-state index contributed by atoms with van der Waals surface area (Å²) in [4.78, 5) is 10.3. The van der Waals surface area contributed by atoms with Crippen LogP contribution >= 0.6 is 0 Å². The summed E-state index contributed by atoms with van der Waals surface area (Å²) >= 11 is 0. The van der Waals surface area contributed by atoms with E-state index >= 15 is 0 Å². The van der Waals surface area contributed by atoms with Gasteiger partial charge in [-0.3, -0.25) is 0 Å². The Labute approximate surface area is 60.6 Å². The molecule has 0 saturated carbocycles. The number of hydrogen-bond acceptors (Lipinski definition) is 3. The van der Waals surface area contributed by atoms with Crippen LogP contribution in [-0.2, 0) is 9.47 Å². The Bertz CT molecular complexity index is 118. The number of rotatable bonds is 3. The number of carbonyl (C=O) groups is 1. The SMILES string of the molecule is CC/C=C\COC(=O)OC. The van der Waals surface area contributed by atoms with E-state index < -0.39 is 6.16 Å². The van der Waals surface area contributed by atoms with Gasteiger partial charge >= 0.3 is 6.16 Å². The molecule has 3 heteroatoms. The molecule has 0 aliphatic rings. The van der Waals surface area contributed by atoms with Gasteiger partial charge in [-0.15, -0.1) is 0 Å². The van der Waals surface area contributed by atoms with E-state index in [-0.39, 0.29) is 0 Å². The molecule has 0 aromatic carbocycles. The molecule has 0 aliphatic carbocycles. The predicted octanol–water partition coefficient (Wildman–Crippen LogP) is 1.74. The fourth-order valence-electron chi connectivity index (χ4n) is 0.410. The van der Waals surface area contributed by atoms with Gasteiger partial charge < -0.3 is 9.47 Å². The molecule has 0 aromatic heterocycles. The van der Waals surface area contributed by atoms with Gasteiger partial charge in [0.25, 0.3) is 0 Å². The summed E-state index contributed by atoms with van der Waals surface area (Å²) in [6, 6.07) is 0. The summed E-state index contributed by atoms with van der Waals surface area (Å²) in [5.74, 6) is 0. The Kier molecular flexibility index (Phi) is 5.53. The standard InChI is InChI=1S/C7H12O3/c1-3-4-5-6-10-7(8)9-2/h4-5H,3,6H2,1-2H3/b5-4-. The van der Waals surface area contributed by atoms with E-state index in [9.17, 15) is 4.79 Å². The molecule has 0 rings (SSSR count). The third-order valence-electron chi connectivity index (χ3n) is 0.866. The average molecular weight is 144 g/mol. The van der Waals surface area contributed by atoms with Crippen molar-refractivity contribution in [3.63, 3.8) is 0 Å². The Morgan fingerprint density at radius 3 is 2.70 bits per heavy atom. The van der Waals surface area contributed by atoms with Gasteiger partial charge in [0, 0.05) is 0 Å². The normalized spacial score (nSPS) is 9.80. The fraction of sp³-hybridized carbons (Fsp3) is 0.571. The molecule has 0 amide bonds. The highest BCUT2D eigenvalue weighted by molar-refractivity contribution is 5.59. The van der Waals surface area contributed by atoms with E-state index in [2.05, 4.69) is 9.47 Å². The largest absolute Gasteiger partial charge is 0.508 e. The molecule has 0 bridgehead atoms. The van der Waals surface area contributed by atoms with E-state index in [0.29, 0.717) is 6.61 Å². The fourth-order valence-corrected chi connectivity index (χ4v) is 0.410. The molecule has 0 atom stereocenters.